The third-order valence-electron chi connectivity index (χ3n) is 8.01. The topological polar surface area (TPSA) is 80.7 Å². The lowest BCUT2D eigenvalue weighted by molar-refractivity contribution is 0.0115. The zero-order chi connectivity index (χ0) is 28.7. The maximum atomic E-state index is 14.5. The van der Waals surface area contributed by atoms with Gasteiger partial charge in [0, 0.05) is 34.5 Å². The summed E-state index contributed by atoms with van der Waals surface area (Å²) < 4.78 is 22.6. The Labute approximate surface area is 239 Å². The summed E-state index contributed by atoms with van der Waals surface area (Å²) in [4.78, 5) is 17.9. The number of rotatable bonds is 6. The molecular weight excluding hydrogens is 520 g/mol. The lowest BCUT2D eigenvalue weighted by Gasteiger charge is -2.57. The van der Waals surface area contributed by atoms with Gasteiger partial charge in [-0.3, -0.25) is 9.69 Å². The van der Waals surface area contributed by atoms with Crippen molar-refractivity contribution in [3.63, 3.8) is 0 Å². The van der Waals surface area contributed by atoms with Crippen LogP contribution in [0.1, 0.15) is 39.5 Å². The molecule has 0 saturated carbocycles. The number of hydrogen-bond acceptors (Lipinski definition) is 7. The maximum absolute atomic E-state index is 14.5. The SMILES string of the molecule is COc1cc2c(cc1OC)N1C(CC2)c2cc(OC)c(OC)cc2N(C(=O)c2ccccc2)C1(O)c1ccccc1. The van der Waals surface area contributed by atoms with E-state index in [4.69, 9.17) is 18.9 Å². The number of ether oxygens (including phenoxy) is 4. The fourth-order valence-corrected chi connectivity index (χ4v) is 6.11. The molecule has 0 radical (unpaired) electrons. The number of aliphatic hydroxyl groups is 1. The molecule has 2 unspecified atom stereocenters. The molecule has 41 heavy (non-hydrogen) atoms. The number of anilines is 2. The van der Waals surface area contributed by atoms with Crippen molar-refractivity contribution in [3.05, 3.63) is 107 Å². The third kappa shape index (κ3) is 4.05. The first-order chi connectivity index (χ1) is 20.0. The number of benzene rings is 4. The van der Waals surface area contributed by atoms with Gasteiger partial charge < -0.3 is 29.0 Å². The largest absolute Gasteiger partial charge is 0.493 e. The number of amides is 1. The number of carbonyl (C=O) groups excluding carboxylic acids is 1. The molecule has 4 aromatic rings. The normalized spacial score (nSPS) is 19.0. The van der Waals surface area contributed by atoms with Crippen LogP contribution in [0.3, 0.4) is 0 Å². The number of aryl methyl sites for hydroxylation is 1. The Morgan fingerprint density at radius 1 is 0.756 bits per heavy atom. The van der Waals surface area contributed by atoms with Gasteiger partial charge in [-0.05, 0) is 42.7 Å². The van der Waals surface area contributed by atoms with Gasteiger partial charge in [0.15, 0.2) is 23.0 Å². The van der Waals surface area contributed by atoms with Crippen molar-refractivity contribution in [2.75, 3.05) is 38.2 Å². The Morgan fingerprint density at radius 3 is 1.90 bits per heavy atom. The van der Waals surface area contributed by atoms with Gasteiger partial charge in [-0.25, -0.2) is 0 Å². The van der Waals surface area contributed by atoms with Crippen molar-refractivity contribution < 1.29 is 28.8 Å². The third-order valence-corrected chi connectivity index (χ3v) is 8.01. The van der Waals surface area contributed by atoms with Crippen LogP contribution in [0.4, 0.5) is 11.4 Å². The average molecular weight is 553 g/mol. The Kier molecular flexibility index (Phi) is 6.71. The van der Waals surface area contributed by atoms with Crippen LogP contribution in [0.25, 0.3) is 0 Å². The van der Waals surface area contributed by atoms with Crippen molar-refractivity contribution in [1.82, 2.24) is 0 Å². The Morgan fingerprint density at radius 2 is 1.29 bits per heavy atom. The van der Waals surface area contributed by atoms with Crippen LogP contribution in [0.2, 0.25) is 0 Å². The Bertz CT molecular complexity index is 1590. The molecule has 210 valence electrons. The zero-order valence-corrected chi connectivity index (χ0v) is 23.5. The second kappa shape index (κ2) is 10.4. The highest BCUT2D eigenvalue weighted by molar-refractivity contribution is 6.08. The summed E-state index contributed by atoms with van der Waals surface area (Å²) in [6, 6.07) is 25.5. The lowest BCUT2D eigenvalue weighted by atomic mass is 9.84. The molecule has 2 atom stereocenters. The second-order valence-corrected chi connectivity index (χ2v) is 10.0. The molecule has 1 N–H and O–H groups in total. The van der Waals surface area contributed by atoms with Gasteiger partial charge in [0.2, 0.25) is 0 Å². The van der Waals surface area contributed by atoms with E-state index >= 15 is 0 Å². The minimum Gasteiger partial charge on any atom is -0.493 e. The molecule has 2 aliphatic heterocycles. The molecule has 2 aliphatic rings. The summed E-state index contributed by atoms with van der Waals surface area (Å²) in [5, 5.41) is 13.2. The van der Waals surface area contributed by atoms with Gasteiger partial charge in [-0.15, -0.1) is 0 Å². The predicted molar refractivity (Wildman–Crippen MR) is 156 cm³/mol. The van der Waals surface area contributed by atoms with Gasteiger partial charge in [0.25, 0.3) is 11.8 Å². The van der Waals surface area contributed by atoms with Crippen molar-refractivity contribution >= 4 is 17.3 Å². The number of methoxy groups -OCH3 is 4. The summed E-state index contributed by atoms with van der Waals surface area (Å²) in [7, 11) is 6.34. The van der Waals surface area contributed by atoms with Gasteiger partial charge in [-0.1, -0.05) is 48.5 Å². The highest BCUT2D eigenvalue weighted by Gasteiger charge is 2.55. The molecule has 0 aromatic heterocycles. The molecule has 0 fully saturated rings. The van der Waals surface area contributed by atoms with Crippen molar-refractivity contribution in [1.29, 1.82) is 0 Å². The van der Waals surface area contributed by atoms with Gasteiger partial charge >= 0.3 is 0 Å². The Hall–Kier alpha value is -4.69. The van der Waals surface area contributed by atoms with Crippen LogP contribution in [-0.2, 0) is 12.3 Å². The van der Waals surface area contributed by atoms with Crippen LogP contribution in [0, 0.1) is 0 Å². The highest BCUT2D eigenvalue weighted by Crippen LogP contribution is 2.57. The molecule has 8 heteroatoms. The first-order valence-corrected chi connectivity index (χ1v) is 13.4. The maximum Gasteiger partial charge on any atom is 0.262 e. The molecule has 1 amide bonds. The van der Waals surface area contributed by atoms with Crippen LogP contribution < -0.4 is 28.7 Å². The molecule has 4 aromatic carbocycles. The Balaban J connectivity index is 1.71. The molecule has 0 spiro atoms. The lowest BCUT2D eigenvalue weighted by Crippen LogP contribution is -2.65. The van der Waals surface area contributed by atoms with Gasteiger partial charge in [0.1, 0.15) is 0 Å². The fraction of sp³-hybridized carbons (Fsp3) is 0.242. The fourth-order valence-electron chi connectivity index (χ4n) is 6.11. The van der Waals surface area contributed by atoms with E-state index in [1.54, 1.807) is 46.6 Å². The second-order valence-electron chi connectivity index (χ2n) is 10.0. The number of fused-ring (bicyclic) bond motifs is 5. The van der Waals surface area contributed by atoms with E-state index in [1.165, 1.54) is 4.90 Å². The number of carbonyl (C=O) groups is 1. The van der Waals surface area contributed by atoms with E-state index in [0.717, 1.165) is 23.2 Å². The van der Waals surface area contributed by atoms with Crippen LogP contribution in [0.5, 0.6) is 23.0 Å². The first-order valence-electron chi connectivity index (χ1n) is 13.4. The number of nitrogens with zero attached hydrogens (tertiary/aromatic N) is 2. The summed E-state index contributed by atoms with van der Waals surface area (Å²) in [5.41, 5.74) is 4.09. The average Bonchev–Trinajstić information content (AvgIpc) is 3.03. The highest BCUT2D eigenvalue weighted by atomic mass is 16.5. The molecule has 2 heterocycles. The van der Waals surface area contributed by atoms with E-state index < -0.39 is 5.85 Å². The van der Waals surface area contributed by atoms with Crippen molar-refractivity contribution in [3.8, 4) is 23.0 Å². The van der Waals surface area contributed by atoms with Gasteiger partial charge in [0.05, 0.1) is 40.2 Å². The molecule has 8 nitrogen and oxygen atoms in total. The van der Waals surface area contributed by atoms with E-state index in [0.29, 0.717) is 46.2 Å². The molecule has 6 rings (SSSR count). The standard InChI is InChI=1S/C33H32N2O6/c1-38-28-17-22-15-16-25-24-18-29(39-2)31(41-4)20-27(24)35(32(36)21-11-7-5-8-12-21)33(37,23-13-9-6-10-14-23)34(25)26(22)19-30(28)40-3/h5-14,17-20,25,37H,15-16H2,1-4H3. The summed E-state index contributed by atoms with van der Waals surface area (Å²) in [6.45, 7) is 0. The summed E-state index contributed by atoms with van der Waals surface area (Å²) >= 11 is 0. The van der Waals surface area contributed by atoms with E-state index in [-0.39, 0.29) is 11.9 Å². The van der Waals surface area contributed by atoms with Gasteiger partial charge in [-0.2, -0.15) is 0 Å². The van der Waals surface area contributed by atoms with Crippen molar-refractivity contribution in [2.24, 2.45) is 0 Å². The van der Waals surface area contributed by atoms with E-state index in [9.17, 15) is 9.90 Å². The zero-order valence-electron chi connectivity index (χ0n) is 23.5. The van der Waals surface area contributed by atoms with Crippen LogP contribution in [-0.4, -0.2) is 39.5 Å². The minimum absolute atomic E-state index is 0.305. The number of hydrogen-bond donors (Lipinski definition) is 1. The molecule has 0 saturated heterocycles. The predicted octanol–water partition coefficient (Wildman–Crippen LogP) is 5.68. The summed E-state index contributed by atoms with van der Waals surface area (Å²) in [5.74, 6) is -0.141. The van der Waals surface area contributed by atoms with Crippen LogP contribution >= 0.6 is 0 Å². The molecule has 0 aliphatic carbocycles. The molecular formula is C33H32N2O6. The first kappa shape index (κ1) is 26.5. The smallest absolute Gasteiger partial charge is 0.262 e. The van der Waals surface area contributed by atoms with E-state index in [2.05, 4.69) is 0 Å². The summed E-state index contributed by atoms with van der Waals surface area (Å²) in [6.07, 6.45) is 1.40. The molecule has 0 bridgehead atoms. The van der Waals surface area contributed by atoms with E-state index in [1.807, 2.05) is 71.6 Å². The monoisotopic (exact) mass is 552 g/mol. The van der Waals surface area contributed by atoms with Crippen molar-refractivity contribution in [2.45, 2.75) is 24.7 Å². The minimum atomic E-state index is -1.92. The quantitative estimate of drug-likeness (QED) is 0.330. The van der Waals surface area contributed by atoms with Crippen LogP contribution in [0.15, 0.2) is 84.9 Å².